The molecular weight excluding hydrogens is 788 g/mol. The number of hydrogen-bond acceptors (Lipinski definition) is 11. The summed E-state index contributed by atoms with van der Waals surface area (Å²) in [5, 5.41) is 5.98. The summed E-state index contributed by atoms with van der Waals surface area (Å²) >= 11 is 0. The van der Waals surface area contributed by atoms with Crippen LogP contribution in [0.1, 0.15) is 79.6 Å². The summed E-state index contributed by atoms with van der Waals surface area (Å²) in [6, 6.07) is 1.31. The number of aromatic nitrogens is 1. The maximum absolute atomic E-state index is 14.9. The smallest absolute Gasteiger partial charge is 0.408 e. The maximum Gasteiger partial charge on any atom is 0.408 e. The molecule has 4 aliphatic rings. The minimum absolute atomic E-state index is 0.0139. The minimum atomic E-state index is -4.10. The van der Waals surface area contributed by atoms with Crippen LogP contribution in [0, 0.1) is 11.7 Å². The number of nitrogens with zero attached hydrogens (tertiary/aromatic N) is 2. The highest BCUT2D eigenvalue weighted by molar-refractivity contribution is 7.91. The van der Waals surface area contributed by atoms with Crippen LogP contribution in [0.25, 0.3) is 10.8 Å². The van der Waals surface area contributed by atoms with E-state index < -0.39 is 98.3 Å². The number of halogens is 3. The van der Waals surface area contributed by atoms with Crippen molar-refractivity contribution >= 4 is 44.6 Å². The molecule has 3 fully saturated rings. The van der Waals surface area contributed by atoms with Gasteiger partial charge in [0.2, 0.25) is 27.7 Å². The standard InChI is InChI=1S/C39H50F3N5O10S/c1-7-28-30(44-36(51)57-37(3,4)34(41)42)33(49)47-20-24(56-32-25-18-26(40)29(54-6)16-22(25)12-15-43-32)17-27(47)31(48)45-39(19-23(39)11-9-8-10-21(2)55-28)35(50)46-58(52,53)38(5)13-14-38/h9,11-12,15-16,18,21,23-24,27-28,30,34H,7-8,10,13-14,17,19-20H2,1-6H3,(H,44,51)(H,45,48)(H,46,50)/t21-,23-,24-,27+,28+,30+,39-/m1/s1. The van der Waals surface area contributed by atoms with Crippen molar-refractivity contribution in [2.24, 2.45) is 5.92 Å². The number of carbonyl (C=O) groups is 4. The van der Waals surface area contributed by atoms with Crippen LogP contribution >= 0.6 is 0 Å². The fourth-order valence-corrected chi connectivity index (χ4v) is 8.61. The average molecular weight is 838 g/mol. The van der Waals surface area contributed by atoms with Crippen LogP contribution in [0.5, 0.6) is 11.6 Å². The molecule has 318 valence electrons. The highest BCUT2D eigenvalue weighted by Crippen LogP contribution is 2.47. The number of sulfonamides is 1. The fraction of sp³-hybridized carbons (Fsp3) is 0.615. The van der Waals surface area contributed by atoms with E-state index in [1.54, 1.807) is 32.1 Å². The molecule has 1 aromatic heterocycles. The molecule has 0 radical (unpaired) electrons. The third-order valence-electron chi connectivity index (χ3n) is 11.4. The summed E-state index contributed by atoms with van der Waals surface area (Å²) in [5.74, 6) is -3.89. The van der Waals surface area contributed by atoms with Crippen LogP contribution < -0.4 is 24.8 Å². The predicted molar refractivity (Wildman–Crippen MR) is 203 cm³/mol. The first kappa shape index (κ1) is 42.9. The topological polar surface area (TPSA) is 192 Å². The van der Waals surface area contributed by atoms with Crippen LogP contribution in [0.2, 0.25) is 0 Å². The summed E-state index contributed by atoms with van der Waals surface area (Å²) in [7, 11) is -2.78. The summed E-state index contributed by atoms with van der Waals surface area (Å²) in [4.78, 5) is 61.8. The molecule has 2 aliphatic heterocycles. The lowest BCUT2D eigenvalue weighted by Crippen LogP contribution is -2.61. The van der Waals surface area contributed by atoms with Crippen LogP contribution in [0.3, 0.4) is 0 Å². The van der Waals surface area contributed by atoms with Crippen molar-refractivity contribution in [3.8, 4) is 11.6 Å². The third-order valence-corrected chi connectivity index (χ3v) is 13.6. The molecule has 58 heavy (non-hydrogen) atoms. The number of amides is 4. The lowest BCUT2D eigenvalue weighted by Gasteiger charge is -2.34. The molecule has 0 bridgehead atoms. The summed E-state index contributed by atoms with van der Waals surface area (Å²) in [5.41, 5.74) is -3.90. The Labute approximate surface area is 334 Å². The van der Waals surface area contributed by atoms with E-state index in [1.807, 2.05) is 0 Å². The van der Waals surface area contributed by atoms with Gasteiger partial charge in [-0.1, -0.05) is 19.1 Å². The number of ether oxygens (including phenoxy) is 4. The van der Waals surface area contributed by atoms with Crippen LogP contribution in [0.15, 0.2) is 36.5 Å². The monoisotopic (exact) mass is 837 g/mol. The fourth-order valence-electron chi connectivity index (χ4n) is 7.30. The zero-order valence-electron chi connectivity index (χ0n) is 33.2. The van der Waals surface area contributed by atoms with Crippen LogP contribution in [-0.4, -0.2) is 108 Å². The van der Waals surface area contributed by atoms with E-state index in [-0.39, 0.29) is 42.8 Å². The lowest BCUT2D eigenvalue weighted by molar-refractivity contribution is -0.145. The molecule has 3 N–H and O–H groups in total. The number of rotatable bonds is 10. The largest absolute Gasteiger partial charge is 0.494 e. The number of allylic oxidation sites excluding steroid dienone is 1. The van der Waals surface area contributed by atoms with Gasteiger partial charge in [0.25, 0.3) is 12.3 Å². The molecule has 2 aliphatic carbocycles. The van der Waals surface area contributed by atoms with Gasteiger partial charge in [0.15, 0.2) is 17.2 Å². The zero-order valence-corrected chi connectivity index (χ0v) is 34.0. The van der Waals surface area contributed by atoms with Gasteiger partial charge in [0, 0.05) is 23.9 Å². The van der Waals surface area contributed by atoms with Crippen molar-refractivity contribution in [2.75, 3.05) is 13.7 Å². The van der Waals surface area contributed by atoms with Gasteiger partial charge in [-0.05, 0) is 89.8 Å². The van der Waals surface area contributed by atoms with E-state index in [2.05, 4.69) is 20.3 Å². The highest BCUT2D eigenvalue weighted by atomic mass is 32.2. The Bertz CT molecular complexity index is 2080. The Kier molecular flexibility index (Phi) is 12.0. The molecule has 0 unspecified atom stereocenters. The number of benzene rings is 1. The van der Waals surface area contributed by atoms with Crippen molar-refractivity contribution < 1.29 is 59.7 Å². The van der Waals surface area contributed by atoms with Gasteiger partial charge in [-0.2, -0.15) is 0 Å². The second kappa shape index (κ2) is 16.2. The van der Waals surface area contributed by atoms with Crippen molar-refractivity contribution in [1.29, 1.82) is 0 Å². The van der Waals surface area contributed by atoms with E-state index in [9.17, 15) is 40.8 Å². The van der Waals surface area contributed by atoms with Gasteiger partial charge in [-0.15, -0.1) is 0 Å². The molecule has 2 aromatic rings. The molecule has 19 heteroatoms. The first-order chi connectivity index (χ1) is 27.2. The van der Waals surface area contributed by atoms with E-state index in [4.69, 9.17) is 18.9 Å². The van der Waals surface area contributed by atoms with Crippen molar-refractivity contribution in [2.45, 2.75) is 132 Å². The predicted octanol–water partition coefficient (Wildman–Crippen LogP) is 4.28. The molecule has 4 amide bonds. The molecule has 1 saturated heterocycles. The number of alkyl carbamates (subject to hydrolysis) is 1. The summed E-state index contributed by atoms with van der Waals surface area (Å²) < 4.78 is 92.5. The zero-order chi connectivity index (χ0) is 42.4. The van der Waals surface area contributed by atoms with Crippen LogP contribution in [0.4, 0.5) is 18.0 Å². The summed E-state index contributed by atoms with van der Waals surface area (Å²) in [6.07, 6.45) is -0.269. The van der Waals surface area contributed by atoms with Gasteiger partial charge < -0.3 is 34.5 Å². The van der Waals surface area contributed by atoms with Gasteiger partial charge in [0.1, 0.15) is 23.7 Å². The minimum Gasteiger partial charge on any atom is -0.494 e. The Morgan fingerprint density at radius 3 is 2.59 bits per heavy atom. The van der Waals surface area contributed by atoms with E-state index in [0.29, 0.717) is 31.1 Å². The highest BCUT2D eigenvalue weighted by Gasteiger charge is 2.63. The number of fused-ring (bicyclic) bond motifs is 3. The van der Waals surface area contributed by atoms with E-state index in [0.717, 1.165) is 18.7 Å². The van der Waals surface area contributed by atoms with E-state index in [1.165, 1.54) is 32.4 Å². The first-order valence-corrected chi connectivity index (χ1v) is 20.8. The third kappa shape index (κ3) is 8.70. The van der Waals surface area contributed by atoms with Crippen molar-refractivity contribution in [3.63, 3.8) is 0 Å². The van der Waals surface area contributed by atoms with Crippen LogP contribution in [-0.2, 0) is 33.9 Å². The van der Waals surface area contributed by atoms with Gasteiger partial charge >= 0.3 is 6.09 Å². The molecule has 1 aromatic carbocycles. The lowest BCUT2D eigenvalue weighted by atomic mass is 10.0. The normalized spacial score (nSPS) is 28.7. The Balaban J connectivity index is 1.37. The number of methoxy groups -OCH3 is 1. The van der Waals surface area contributed by atoms with Crippen molar-refractivity contribution in [1.82, 2.24) is 25.2 Å². The van der Waals surface area contributed by atoms with Gasteiger partial charge in [-0.3, -0.25) is 19.1 Å². The molecule has 6 rings (SSSR count). The molecule has 0 spiro atoms. The van der Waals surface area contributed by atoms with Crippen molar-refractivity contribution in [3.05, 3.63) is 42.4 Å². The Hall–Kier alpha value is -4.65. The molecular formula is C39H50F3N5O10S. The first-order valence-electron chi connectivity index (χ1n) is 19.3. The second-order valence-corrected chi connectivity index (χ2v) is 18.5. The molecule has 2 saturated carbocycles. The maximum atomic E-state index is 14.9. The number of nitrogens with one attached hydrogen (secondary N) is 3. The number of alkyl halides is 2. The Morgan fingerprint density at radius 2 is 1.93 bits per heavy atom. The quantitative estimate of drug-likeness (QED) is 0.290. The molecule has 7 atom stereocenters. The van der Waals surface area contributed by atoms with E-state index >= 15 is 0 Å². The van der Waals surface area contributed by atoms with Gasteiger partial charge in [0.05, 0.1) is 30.6 Å². The average Bonchev–Trinajstić information content (AvgIpc) is 4.04. The number of carbonyl (C=O) groups excluding carboxylic acids is 4. The Morgan fingerprint density at radius 1 is 1.21 bits per heavy atom. The number of pyridine rings is 1. The molecule has 15 nitrogen and oxygen atoms in total. The number of hydrogen-bond donors (Lipinski definition) is 3. The molecule has 3 heterocycles. The summed E-state index contributed by atoms with van der Waals surface area (Å²) in [6.45, 7) is 6.73. The second-order valence-electron chi connectivity index (χ2n) is 16.3. The van der Waals surface area contributed by atoms with Gasteiger partial charge in [-0.25, -0.2) is 31.4 Å². The SMILES string of the molecule is CC[C@@H]1O[C@H](C)CCC=C[C@@H]2C[C@@]2(C(=O)NS(=O)(=O)C2(C)CC2)NC(=O)[C@@H]2C[C@@H](Oc3nccc4cc(OC)c(F)cc34)CN2C(=O)[C@H]1NC(=O)OC(C)(C)C(F)F.